The zero-order chi connectivity index (χ0) is 13.8. The van der Waals surface area contributed by atoms with Crippen molar-refractivity contribution >= 4 is 29.1 Å². The van der Waals surface area contributed by atoms with E-state index in [2.05, 4.69) is 5.32 Å². The van der Waals surface area contributed by atoms with Crippen LogP contribution in [-0.2, 0) is 6.54 Å². The van der Waals surface area contributed by atoms with Gasteiger partial charge in [-0.25, -0.2) is 0 Å². The van der Waals surface area contributed by atoms with Gasteiger partial charge in [-0.05, 0) is 29.8 Å². The molecule has 3 nitrogen and oxygen atoms in total. The Kier molecular flexibility index (Phi) is 4.30. The summed E-state index contributed by atoms with van der Waals surface area (Å²) < 4.78 is 0. The van der Waals surface area contributed by atoms with Crippen molar-refractivity contribution < 1.29 is 9.90 Å². The van der Waals surface area contributed by atoms with Crippen LogP contribution in [0, 0.1) is 0 Å². The molecule has 0 aliphatic heterocycles. The molecule has 0 saturated carbocycles. The normalized spacial score (nSPS) is 10.2. The van der Waals surface area contributed by atoms with Gasteiger partial charge in [-0.2, -0.15) is 0 Å². The van der Waals surface area contributed by atoms with E-state index in [4.69, 9.17) is 23.2 Å². The van der Waals surface area contributed by atoms with E-state index in [1.54, 1.807) is 6.07 Å². The van der Waals surface area contributed by atoms with E-state index in [1.807, 2.05) is 18.2 Å². The standard InChI is InChI=1S/C14H11Cl2NO2/c15-11-4-2-1-3-10(11)8-17-14(19)9-5-6-13(18)12(16)7-9/h1-7,18H,8H2,(H,17,19). The number of halogens is 2. The first-order valence-corrected chi connectivity index (χ1v) is 6.33. The van der Waals surface area contributed by atoms with Crippen LogP contribution in [0.25, 0.3) is 0 Å². The summed E-state index contributed by atoms with van der Waals surface area (Å²) in [6, 6.07) is 11.6. The van der Waals surface area contributed by atoms with Gasteiger partial charge in [0.25, 0.3) is 5.91 Å². The molecule has 0 bridgehead atoms. The Morgan fingerprint density at radius 3 is 2.53 bits per heavy atom. The Balaban J connectivity index is 2.05. The predicted molar refractivity (Wildman–Crippen MR) is 75.7 cm³/mol. The fourth-order valence-electron chi connectivity index (χ4n) is 1.57. The highest BCUT2D eigenvalue weighted by Gasteiger charge is 2.08. The number of rotatable bonds is 3. The molecule has 98 valence electrons. The van der Waals surface area contributed by atoms with Crippen LogP contribution in [0.1, 0.15) is 15.9 Å². The van der Waals surface area contributed by atoms with Crippen LogP contribution in [0.2, 0.25) is 10.0 Å². The molecule has 0 fully saturated rings. The summed E-state index contributed by atoms with van der Waals surface area (Å²) in [5, 5.41) is 12.8. The van der Waals surface area contributed by atoms with Crippen LogP contribution in [0.5, 0.6) is 5.75 Å². The molecular formula is C14H11Cl2NO2. The van der Waals surface area contributed by atoms with Crippen LogP contribution in [0.3, 0.4) is 0 Å². The first kappa shape index (κ1) is 13.7. The molecule has 1 amide bonds. The van der Waals surface area contributed by atoms with Gasteiger partial charge in [0.2, 0.25) is 0 Å². The second-order valence-electron chi connectivity index (χ2n) is 3.94. The summed E-state index contributed by atoms with van der Waals surface area (Å²) in [4.78, 5) is 11.9. The van der Waals surface area contributed by atoms with Gasteiger partial charge in [0.1, 0.15) is 5.75 Å². The maximum atomic E-state index is 11.9. The van der Waals surface area contributed by atoms with E-state index in [0.717, 1.165) is 5.56 Å². The maximum Gasteiger partial charge on any atom is 0.251 e. The molecule has 0 aromatic heterocycles. The summed E-state index contributed by atoms with van der Waals surface area (Å²) in [6.07, 6.45) is 0. The van der Waals surface area contributed by atoms with Crippen molar-refractivity contribution in [2.45, 2.75) is 6.54 Å². The Morgan fingerprint density at radius 1 is 1.11 bits per heavy atom. The van der Waals surface area contributed by atoms with Gasteiger partial charge in [-0.15, -0.1) is 0 Å². The summed E-state index contributed by atoms with van der Waals surface area (Å²) in [5.41, 5.74) is 1.22. The highest BCUT2D eigenvalue weighted by atomic mass is 35.5. The summed E-state index contributed by atoms with van der Waals surface area (Å²) in [7, 11) is 0. The van der Waals surface area contributed by atoms with Gasteiger partial charge in [0.05, 0.1) is 5.02 Å². The first-order valence-electron chi connectivity index (χ1n) is 5.58. The lowest BCUT2D eigenvalue weighted by Crippen LogP contribution is -2.22. The van der Waals surface area contributed by atoms with E-state index < -0.39 is 0 Å². The molecule has 2 rings (SSSR count). The maximum absolute atomic E-state index is 11.9. The molecule has 5 heteroatoms. The van der Waals surface area contributed by atoms with Crippen LogP contribution in [0.15, 0.2) is 42.5 Å². The van der Waals surface area contributed by atoms with Crippen LogP contribution < -0.4 is 5.32 Å². The summed E-state index contributed by atoms with van der Waals surface area (Å²) in [6.45, 7) is 0.330. The van der Waals surface area contributed by atoms with E-state index in [9.17, 15) is 9.90 Å². The number of aromatic hydroxyl groups is 1. The average molecular weight is 296 g/mol. The quantitative estimate of drug-likeness (QED) is 0.908. The lowest BCUT2D eigenvalue weighted by molar-refractivity contribution is 0.0951. The van der Waals surface area contributed by atoms with Crippen molar-refractivity contribution in [2.75, 3.05) is 0 Å². The monoisotopic (exact) mass is 295 g/mol. The topological polar surface area (TPSA) is 49.3 Å². The van der Waals surface area contributed by atoms with Crippen molar-refractivity contribution in [3.8, 4) is 5.75 Å². The van der Waals surface area contributed by atoms with Crippen molar-refractivity contribution in [1.29, 1.82) is 0 Å². The molecule has 0 atom stereocenters. The van der Waals surface area contributed by atoms with Crippen molar-refractivity contribution in [2.24, 2.45) is 0 Å². The lowest BCUT2D eigenvalue weighted by Gasteiger charge is -2.07. The molecular weight excluding hydrogens is 285 g/mol. The smallest absolute Gasteiger partial charge is 0.251 e. The van der Waals surface area contributed by atoms with Gasteiger partial charge in [-0.1, -0.05) is 41.4 Å². The second-order valence-corrected chi connectivity index (χ2v) is 4.75. The number of carbonyl (C=O) groups excluding carboxylic acids is 1. The fourth-order valence-corrected chi connectivity index (χ4v) is 1.95. The van der Waals surface area contributed by atoms with Gasteiger partial charge >= 0.3 is 0 Å². The van der Waals surface area contributed by atoms with Crippen LogP contribution in [0.4, 0.5) is 0 Å². The number of carbonyl (C=O) groups is 1. The first-order chi connectivity index (χ1) is 9.08. The van der Waals surface area contributed by atoms with Gasteiger partial charge in [-0.3, -0.25) is 4.79 Å². The zero-order valence-electron chi connectivity index (χ0n) is 9.86. The van der Waals surface area contributed by atoms with E-state index >= 15 is 0 Å². The highest BCUT2D eigenvalue weighted by molar-refractivity contribution is 6.32. The summed E-state index contributed by atoms with van der Waals surface area (Å²) in [5.74, 6) is -0.328. The number of hydrogen-bond donors (Lipinski definition) is 2. The Bertz CT molecular complexity index is 614. The largest absolute Gasteiger partial charge is 0.506 e. The van der Waals surface area contributed by atoms with E-state index in [0.29, 0.717) is 17.1 Å². The van der Waals surface area contributed by atoms with Crippen LogP contribution in [-0.4, -0.2) is 11.0 Å². The molecule has 19 heavy (non-hydrogen) atoms. The third-order valence-electron chi connectivity index (χ3n) is 2.61. The molecule has 0 saturated heterocycles. The molecule has 2 aromatic rings. The molecule has 0 aliphatic carbocycles. The van der Waals surface area contributed by atoms with Gasteiger partial charge < -0.3 is 10.4 Å². The molecule has 0 radical (unpaired) electrons. The molecule has 2 N–H and O–H groups in total. The summed E-state index contributed by atoms with van der Waals surface area (Å²) >= 11 is 11.7. The number of phenolic OH excluding ortho intramolecular Hbond substituents is 1. The molecule has 0 unspecified atom stereocenters. The van der Waals surface area contributed by atoms with Crippen molar-refractivity contribution in [3.63, 3.8) is 0 Å². The van der Waals surface area contributed by atoms with Gasteiger partial charge in [0, 0.05) is 17.1 Å². The number of nitrogens with one attached hydrogen (secondary N) is 1. The molecule has 0 heterocycles. The Labute approximate surface area is 120 Å². The average Bonchev–Trinajstić information content (AvgIpc) is 2.40. The fraction of sp³-hybridized carbons (Fsp3) is 0.0714. The lowest BCUT2D eigenvalue weighted by atomic mass is 10.2. The predicted octanol–water partition coefficient (Wildman–Crippen LogP) is 3.63. The van der Waals surface area contributed by atoms with E-state index in [1.165, 1.54) is 18.2 Å². The highest BCUT2D eigenvalue weighted by Crippen LogP contribution is 2.23. The molecule has 0 spiro atoms. The molecule has 0 aliphatic rings. The minimum Gasteiger partial charge on any atom is -0.506 e. The molecule has 2 aromatic carbocycles. The number of amides is 1. The van der Waals surface area contributed by atoms with Crippen molar-refractivity contribution in [1.82, 2.24) is 5.32 Å². The minimum absolute atomic E-state index is 0.0516. The minimum atomic E-state index is -0.276. The Hall–Kier alpha value is -1.71. The number of hydrogen-bond acceptors (Lipinski definition) is 2. The third-order valence-corrected chi connectivity index (χ3v) is 3.28. The van der Waals surface area contributed by atoms with E-state index in [-0.39, 0.29) is 16.7 Å². The SMILES string of the molecule is O=C(NCc1ccccc1Cl)c1ccc(O)c(Cl)c1. The van der Waals surface area contributed by atoms with Crippen molar-refractivity contribution in [3.05, 3.63) is 63.6 Å². The second kappa shape index (κ2) is 5.95. The number of benzene rings is 2. The third kappa shape index (κ3) is 3.40. The van der Waals surface area contributed by atoms with Gasteiger partial charge in [0.15, 0.2) is 0 Å². The number of phenols is 1. The van der Waals surface area contributed by atoms with Crippen LogP contribution >= 0.6 is 23.2 Å². The zero-order valence-corrected chi connectivity index (χ0v) is 11.4. The Morgan fingerprint density at radius 2 is 1.84 bits per heavy atom.